The number of aromatic nitrogens is 1. The van der Waals surface area contributed by atoms with Crippen molar-refractivity contribution in [3.8, 4) is 22.3 Å². The van der Waals surface area contributed by atoms with Crippen LogP contribution in [-0.2, 0) is 7.05 Å². The van der Waals surface area contributed by atoms with E-state index in [-0.39, 0.29) is 0 Å². The van der Waals surface area contributed by atoms with Gasteiger partial charge in [-0.15, -0.1) is 10.0 Å². The van der Waals surface area contributed by atoms with Crippen LogP contribution in [0.3, 0.4) is 0 Å². The van der Waals surface area contributed by atoms with E-state index in [2.05, 4.69) is 157 Å². The Morgan fingerprint density at radius 2 is 1.00 bits per heavy atom. The topological polar surface area (TPSA) is 4.93 Å². The molecule has 2 heterocycles. The van der Waals surface area contributed by atoms with E-state index in [0.29, 0.717) is 0 Å². The summed E-state index contributed by atoms with van der Waals surface area (Å²) in [6, 6.07) is 54.1. The lowest BCUT2D eigenvalue weighted by molar-refractivity contribution is 1.01. The number of hydrogen-bond acceptors (Lipinski definition) is 0. The molecule has 0 amide bonds. The third-order valence-corrected chi connectivity index (χ3v) is 12.2. The Bertz CT molecular complexity index is 1980. The van der Waals surface area contributed by atoms with Crippen LogP contribution in [0.15, 0.2) is 165 Å². The van der Waals surface area contributed by atoms with Crippen molar-refractivity contribution in [2.75, 3.05) is 0 Å². The molecule has 0 aliphatic carbocycles. The highest BCUT2D eigenvalue weighted by Gasteiger charge is 2.41. The first-order valence-electron chi connectivity index (χ1n) is 13.4. The average Bonchev–Trinajstić information content (AvgIpc) is 3.47. The second-order valence-corrected chi connectivity index (χ2v) is 13.3. The van der Waals surface area contributed by atoms with E-state index < -0.39 is 10.0 Å². The highest BCUT2D eigenvalue weighted by atomic mass is 32.3. The van der Waals surface area contributed by atoms with Gasteiger partial charge in [-0.1, -0.05) is 91.0 Å². The SMILES string of the molecule is Cn1c2ccccc2c2cc(-c3ccc4c(c3)S(c3ccccc3)(c3ccccc3)c3ccccc3-4)ccc21. The highest BCUT2D eigenvalue weighted by molar-refractivity contribution is 8.34. The predicted molar refractivity (Wildman–Crippen MR) is 165 cm³/mol. The lowest BCUT2D eigenvalue weighted by atomic mass is 9.99. The van der Waals surface area contributed by atoms with Crippen LogP contribution in [0.25, 0.3) is 44.1 Å². The van der Waals surface area contributed by atoms with Crippen LogP contribution in [-0.4, -0.2) is 4.57 Å². The van der Waals surface area contributed by atoms with E-state index in [1.807, 2.05) is 0 Å². The van der Waals surface area contributed by atoms with Crippen molar-refractivity contribution in [3.63, 3.8) is 0 Å². The van der Waals surface area contributed by atoms with Gasteiger partial charge >= 0.3 is 0 Å². The molecule has 1 aliphatic heterocycles. The Hall–Kier alpha value is -4.53. The first-order valence-corrected chi connectivity index (χ1v) is 15.0. The molecule has 1 aliphatic rings. The zero-order valence-corrected chi connectivity index (χ0v) is 22.5. The smallest absolute Gasteiger partial charge is 0.0489 e. The Balaban J connectivity index is 1.43. The summed E-state index contributed by atoms with van der Waals surface area (Å²) in [7, 11) is 0.516. The normalized spacial score (nSPS) is 14.3. The third kappa shape index (κ3) is 3.10. The highest BCUT2D eigenvalue weighted by Crippen LogP contribution is 2.80. The zero-order chi connectivity index (χ0) is 26.0. The molecule has 39 heavy (non-hydrogen) atoms. The van der Waals surface area contributed by atoms with Crippen molar-refractivity contribution in [1.29, 1.82) is 0 Å². The maximum absolute atomic E-state index is 2.48. The molecule has 1 nitrogen and oxygen atoms in total. The van der Waals surface area contributed by atoms with Gasteiger partial charge in [0, 0.05) is 48.4 Å². The van der Waals surface area contributed by atoms with Gasteiger partial charge in [0.05, 0.1) is 0 Å². The Morgan fingerprint density at radius 1 is 0.436 bits per heavy atom. The number of nitrogens with zero attached hydrogens (tertiary/aromatic N) is 1. The van der Waals surface area contributed by atoms with E-state index >= 15 is 0 Å². The minimum absolute atomic E-state index is 1.26. The van der Waals surface area contributed by atoms with Gasteiger partial charge in [0.1, 0.15) is 0 Å². The maximum Gasteiger partial charge on any atom is 0.0489 e. The monoisotopic (exact) mass is 517 g/mol. The summed E-state index contributed by atoms with van der Waals surface area (Å²) in [4.78, 5) is 5.61. The van der Waals surface area contributed by atoms with Crippen molar-refractivity contribution >= 4 is 31.8 Å². The van der Waals surface area contributed by atoms with Crippen LogP contribution in [0.4, 0.5) is 0 Å². The van der Waals surface area contributed by atoms with Gasteiger partial charge in [0.15, 0.2) is 0 Å². The van der Waals surface area contributed by atoms with E-state index in [4.69, 9.17) is 0 Å². The summed E-state index contributed by atoms with van der Waals surface area (Å²) in [5.41, 5.74) is 7.76. The first-order chi connectivity index (χ1) is 19.3. The van der Waals surface area contributed by atoms with Crippen molar-refractivity contribution in [3.05, 3.63) is 146 Å². The second-order valence-electron chi connectivity index (χ2n) is 10.3. The molecule has 0 saturated carbocycles. The molecule has 8 rings (SSSR count). The van der Waals surface area contributed by atoms with E-state index in [9.17, 15) is 0 Å². The van der Waals surface area contributed by atoms with Gasteiger partial charge in [-0.2, -0.15) is 0 Å². The van der Waals surface area contributed by atoms with Gasteiger partial charge in [-0.05, 0) is 76.9 Å². The molecule has 0 radical (unpaired) electrons. The summed E-state index contributed by atoms with van der Waals surface area (Å²) in [5.74, 6) is 0. The molecule has 186 valence electrons. The van der Waals surface area contributed by atoms with Crippen LogP contribution in [0.5, 0.6) is 0 Å². The largest absolute Gasteiger partial charge is 0.344 e. The fraction of sp³-hybridized carbons (Fsp3) is 0.0270. The van der Waals surface area contributed by atoms with Gasteiger partial charge < -0.3 is 4.57 Å². The Kier molecular flexibility index (Phi) is 4.89. The zero-order valence-electron chi connectivity index (χ0n) is 21.7. The average molecular weight is 518 g/mol. The molecule has 2 heteroatoms. The molecular formula is C37H27NS. The molecule has 0 saturated heterocycles. The van der Waals surface area contributed by atoms with Crippen LogP contribution in [0, 0.1) is 0 Å². The lowest BCUT2D eigenvalue weighted by Gasteiger charge is -2.39. The van der Waals surface area contributed by atoms with Crippen LogP contribution in [0.1, 0.15) is 0 Å². The number of fused-ring (bicyclic) bond motifs is 6. The molecule has 1 aromatic heterocycles. The Morgan fingerprint density at radius 3 is 1.77 bits per heavy atom. The third-order valence-electron chi connectivity index (χ3n) is 8.26. The number of aryl methyl sites for hydroxylation is 1. The summed E-state index contributed by atoms with van der Waals surface area (Å²) in [6.07, 6.45) is 0. The maximum atomic E-state index is 2.48. The molecule has 0 atom stereocenters. The Labute approximate surface area is 230 Å². The molecule has 0 spiro atoms. The molecule has 6 aromatic carbocycles. The van der Waals surface area contributed by atoms with E-state index in [1.54, 1.807) is 0 Å². The van der Waals surface area contributed by atoms with Gasteiger partial charge in [-0.3, -0.25) is 0 Å². The molecule has 0 unspecified atom stereocenters. The summed E-state index contributed by atoms with van der Waals surface area (Å²) in [5, 5.41) is 2.61. The van der Waals surface area contributed by atoms with Crippen molar-refractivity contribution in [2.24, 2.45) is 7.05 Å². The van der Waals surface area contributed by atoms with Gasteiger partial charge in [-0.25, -0.2) is 0 Å². The molecule has 0 N–H and O–H groups in total. The van der Waals surface area contributed by atoms with Crippen LogP contribution >= 0.6 is 10.0 Å². The molecule has 7 aromatic rings. The standard InChI is InChI=1S/C37H27NS/c1-38-34-18-10-8-16-30(34)33-24-26(21-23-35(33)38)27-20-22-32-31-17-9-11-19-36(31)39(37(32)25-27,28-12-4-2-5-13-28)29-14-6-3-7-15-29/h2-25H,1H3. The summed E-state index contributed by atoms with van der Waals surface area (Å²) in [6.45, 7) is 0. The first kappa shape index (κ1) is 22.5. The van der Waals surface area contributed by atoms with E-state index in [0.717, 1.165) is 0 Å². The predicted octanol–water partition coefficient (Wildman–Crippen LogP) is 10.3. The number of rotatable bonds is 3. The van der Waals surface area contributed by atoms with E-state index in [1.165, 1.54) is 63.6 Å². The quantitative estimate of drug-likeness (QED) is 0.220. The van der Waals surface area contributed by atoms with Gasteiger partial charge in [0.25, 0.3) is 0 Å². The molecule has 0 fully saturated rings. The number of hydrogen-bond donors (Lipinski definition) is 0. The van der Waals surface area contributed by atoms with Crippen molar-refractivity contribution < 1.29 is 0 Å². The molecule has 0 bridgehead atoms. The van der Waals surface area contributed by atoms with Crippen LogP contribution in [0.2, 0.25) is 0 Å². The minimum Gasteiger partial charge on any atom is -0.344 e. The fourth-order valence-electron chi connectivity index (χ4n) is 6.49. The van der Waals surface area contributed by atoms with Gasteiger partial charge in [0.2, 0.25) is 0 Å². The summed E-state index contributed by atoms with van der Waals surface area (Å²) >= 11 is 0. The number of benzene rings is 6. The minimum atomic E-state index is -1.64. The van der Waals surface area contributed by atoms with Crippen molar-refractivity contribution in [2.45, 2.75) is 19.6 Å². The fourth-order valence-corrected chi connectivity index (χ4v) is 10.8. The van der Waals surface area contributed by atoms with Crippen LogP contribution < -0.4 is 0 Å². The lowest BCUT2D eigenvalue weighted by Crippen LogP contribution is -2.01. The van der Waals surface area contributed by atoms with Crippen molar-refractivity contribution in [1.82, 2.24) is 4.57 Å². The second kappa shape index (κ2) is 8.49. The number of para-hydroxylation sites is 1. The molecular weight excluding hydrogens is 490 g/mol. The summed E-state index contributed by atoms with van der Waals surface area (Å²) < 4.78 is 2.30.